The summed E-state index contributed by atoms with van der Waals surface area (Å²) in [6.07, 6.45) is 2.58. The molecule has 3 heterocycles. The second-order valence-corrected chi connectivity index (χ2v) is 10.8. The highest BCUT2D eigenvalue weighted by Crippen LogP contribution is 2.31. The summed E-state index contributed by atoms with van der Waals surface area (Å²) in [5.41, 5.74) is 1.04. The van der Waals surface area contributed by atoms with Crippen LogP contribution in [0.3, 0.4) is 0 Å². The lowest BCUT2D eigenvalue weighted by Crippen LogP contribution is -2.51. The van der Waals surface area contributed by atoms with Gasteiger partial charge in [0.25, 0.3) is 6.43 Å². The zero-order chi connectivity index (χ0) is 27.6. The number of hydrogen-bond donors (Lipinski definition) is 2. The molecule has 2 saturated carbocycles. The van der Waals surface area contributed by atoms with E-state index in [9.17, 15) is 13.6 Å². The first-order valence-electron chi connectivity index (χ1n) is 14.1. The zero-order valence-corrected chi connectivity index (χ0v) is 22.6. The lowest BCUT2D eigenvalue weighted by molar-refractivity contribution is -0.128. The molecule has 2 N–H and O–H groups in total. The normalized spacial score (nSPS) is 25.1. The highest BCUT2D eigenvalue weighted by molar-refractivity contribution is 5.79. The van der Waals surface area contributed by atoms with Crippen molar-refractivity contribution in [2.24, 2.45) is 5.92 Å². The van der Waals surface area contributed by atoms with Gasteiger partial charge in [-0.2, -0.15) is 9.97 Å². The fourth-order valence-corrected chi connectivity index (χ4v) is 5.89. The predicted octanol–water partition coefficient (Wildman–Crippen LogP) is 3.85. The van der Waals surface area contributed by atoms with Gasteiger partial charge in [0.15, 0.2) is 5.82 Å². The molecule has 12 heteroatoms. The van der Waals surface area contributed by atoms with E-state index in [0.717, 1.165) is 38.5 Å². The number of fused-ring (bicyclic) bond motifs is 1. The highest BCUT2D eigenvalue weighted by Gasteiger charge is 2.34. The van der Waals surface area contributed by atoms with Crippen molar-refractivity contribution in [1.29, 1.82) is 0 Å². The number of anilines is 2. The molecule has 6 rings (SSSR count). The number of hydrogen-bond acceptors (Lipinski definition) is 8. The summed E-state index contributed by atoms with van der Waals surface area (Å²) in [6.45, 7) is 2.31. The van der Waals surface area contributed by atoms with E-state index in [1.807, 2.05) is 4.90 Å². The van der Waals surface area contributed by atoms with E-state index in [1.54, 1.807) is 37.4 Å². The fourth-order valence-electron chi connectivity index (χ4n) is 5.89. The van der Waals surface area contributed by atoms with E-state index >= 15 is 0 Å². The van der Waals surface area contributed by atoms with Crippen LogP contribution >= 0.6 is 0 Å². The summed E-state index contributed by atoms with van der Waals surface area (Å²) in [7, 11) is 1.73. The van der Waals surface area contributed by atoms with Crippen LogP contribution in [0.15, 0.2) is 30.3 Å². The van der Waals surface area contributed by atoms with E-state index in [0.29, 0.717) is 54.9 Å². The van der Waals surface area contributed by atoms with Crippen molar-refractivity contribution in [3.8, 4) is 5.82 Å². The standard InChI is InChI=1S/C28H35F2N7O3/c1-39-20-8-6-17(7-9-20)27(38)32-19-14-18(15-19)31-23-16-24(35-28(34-23)36-10-12-40-13-11-36)37-22-5-3-2-4-21(22)33-26(37)25(29)30/h2-5,16-20,25H,6-15H2,1H3,(H,32,38)(H,31,34,35). The lowest BCUT2D eigenvalue weighted by Gasteiger charge is -2.38. The number of para-hydroxylation sites is 2. The topological polar surface area (TPSA) is 106 Å². The first kappa shape index (κ1) is 26.8. The maximum atomic E-state index is 14.1. The van der Waals surface area contributed by atoms with Crippen molar-refractivity contribution in [3.63, 3.8) is 0 Å². The van der Waals surface area contributed by atoms with Gasteiger partial charge in [0.05, 0.1) is 30.4 Å². The Morgan fingerprint density at radius 1 is 1.05 bits per heavy atom. The van der Waals surface area contributed by atoms with E-state index in [2.05, 4.69) is 15.6 Å². The Hall–Kier alpha value is -3.38. The van der Waals surface area contributed by atoms with Crippen molar-refractivity contribution in [3.05, 3.63) is 36.2 Å². The lowest BCUT2D eigenvalue weighted by atomic mass is 9.83. The van der Waals surface area contributed by atoms with Gasteiger partial charge in [-0.05, 0) is 50.7 Å². The molecule has 10 nitrogen and oxygen atoms in total. The van der Waals surface area contributed by atoms with E-state index in [-0.39, 0.29) is 35.8 Å². The number of carbonyl (C=O) groups excluding carboxylic acids is 1. The average molecular weight is 556 g/mol. The number of aromatic nitrogens is 4. The van der Waals surface area contributed by atoms with Crippen molar-refractivity contribution in [1.82, 2.24) is 24.8 Å². The predicted molar refractivity (Wildman–Crippen MR) is 146 cm³/mol. The van der Waals surface area contributed by atoms with Gasteiger partial charge in [-0.15, -0.1) is 0 Å². The highest BCUT2D eigenvalue weighted by atomic mass is 19.3. The Kier molecular flexibility index (Phi) is 7.79. The second kappa shape index (κ2) is 11.6. The van der Waals surface area contributed by atoms with Crippen LogP contribution in [-0.4, -0.2) is 77.0 Å². The Morgan fingerprint density at radius 2 is 1.80 bits per heavy atom. The molecule has 0 radical (unpaired) electrons. The summed E-state index contributed by atoms with van der Waals surface area (Å²) in [6, 6.07) is 8.95. The van der Waals surface area contributed by atoms with Crippen LogP contribution < -0.4 is 15.5 Å². The SMILES string of the molecule is COC1CCC(C(=O)NC2CC(Nc3cc(-n4c(C(F)F)nc5ccccc54)nc(N4CCOCC4)n3)C2)CC1. The summed E-state index contributed by atoms with van der Waals surface area (Å²) in [5.74, 6) is 1.16. The Morgan fingerprint density at radius 3 is 2.52 bits per heavy atom. The number of methoxy groups -OCH3 is 1. The number of nitrogens with one attached hydrogen (secondary N) is 2. The number of benzene rings is 1. The maximum Gasteiger partial charge on any atom is 0.296 e. The van der Waals surface area contributed by atoms with Crippen molar-refractivity contribution in [2.75, 3.05) is 43.6 Å². The van der Waals surface area contributed by atoms with Crippen LogP contribution in [0.1, 0.15) is 50.8 Å². The van der Waals surface area contributed by atoms with Crippen LogP contribution in [0, 0.1) is 5.92 Å². The largest absolute Gasteiger partial charge is 0.381 e. The van der Waals surface area contributed by atoms with Gasteiger partial charge in [0.1, 0.15) is 11.6 Å². The monoisotopic (exact) mass is 555 g/mol. The number of nitrogens with zero attached hydrogens (tertiary/aromatic N) is 5. The molecule has 1 amide bonds. The molecule has 0 unspecified atom stereocenters. The number of alkyl halides is 2. The third-order valence-corrected chi connectivity index (χ3v) is 8.22. The van der Waals surface area contributed by atoms with Crippen LogP contribution in [-0.2, 0) is 14.3 Å². The Labute approximate surface area is 231 Å². The molecule has 1 saturated heterocycles. The Balaban J connectivity index is 1.19. The Bertz CT molecular complexity index is 1330. The molecule has 3 aliphatic rings. The molecule has 0 atom stereocenters. The number of imidazole rings is 1. The zero-order valence-electron chi connectivity index (χ0n) is 22.6. The minimum Gasteiger partial charge on any atom is -0.381 e. The number of carbonyl (C=O) groups is 1. The molecule has 1 aromatic carbocycles. The quantitative estimate of drug-likeness (QED) is 0.432. The van der Waals surface area contributed by atoms with Gasteiger partial charge < -0.3 is 25.0 Å². The van der Waals surface area contributed by atoms with E-state index in [1.165, 1.54) is 4.57 Å². The van der Waals surface area contributed by atoms with Gasteiger partial charge in [-0.25, -0.2) is 13.8 Å². The first-order valence-corrected chi connectivity index (χ1v) is 14.1. The molecule has 2 aromatic heterocycles. The smallest absolute Gasteiger partial charge is 0.296 e. The first-order chi connectivity index (χ1) is 19.5. The molecule has 40 heavy (non-hydrogen) atoms. The van der Waals surface area contributed by atoms with Crippen LogP contribution in [0.2, 0.25) is 0 Å². The van der Waals surface area contributed by atoms with Gasteiger partial charge in [0.2, 0.25) is 11.9 Å². The van der Waals surface area contributed by atoms with E-state index in [4.69, 9.17) is 19.4 Å². The van der Waals surface area contributed by atoms with Gasteiger partial charge >= 0.3 is 0 Å². The van der Waals surface area contributed by atoms with Gasteiger partial charge in [-0.1, -0.05) is 12.1 Å². The van der Waals surface area contributed by atoms with Gasteiger partial charge in [0, 0.05) is 44.3 Å². The van der Waals surface area contributed by atoms with Gasteiger partial charge in [-0.3, -0.25) is 9.36 Å². The minimum atomic E-state index is -2.77. The number of amides is 1. The third kappa shape index (κ3) is 5.60. The summed E-state index contributed by atoms with van der Waals surface area (Å²) < 4.78 is 40.5. The number of morpholine rings is 1. The number of halogens is 2. The molecule has 3 fully saturated rings. The third-order valence-electron chi connectivity index (χ3n) is 8.22. The summed E-state index contributed by atoms with van der Waals surface area (Å²) in [4.78, 5) is 28.4. The molecule has 0 bridgehead atoms. The molecule has 3 aromatic rings. The number of ether oxygens (including phenoxy) is 2. The van der Waals surface area contributed by atoms with Crippen molar-refractivity contribution < 1.29 is 23.0 Å². The minimum absolute atomic E-state index is 0.0490. The van der Waals surface area contributed by atoms with Crippen LogP contribution in [0.5, 0.6) is 0 Å². The molecule has 2 aliphatic carbocycles. The molecule has 1 aliphatic heterocycles. The maximum absolute atomic E-state index is 14.1. The van der Waals surface area contributed by atoms with Crippen molar-refractivity contribution >= 4 is 28.7 Å². The molecular formula is C28H35F2N7O3. The summed E-state index contributed by atoms with van der Waals surface area (Å²) in [5, 5.41) is 6.66. The van der Waals surface area contributed by atoms with Crippen molar-refractivity contribution in [2.45, 2.75) is 63.1 Å². The molecule has 0 spiro atoms. The number of rotatable bonds is 8. The van der Waals surface area contributed by atoms with Crippen LogP contribution in [0.4, 0.5) is 20.5 Å². The molecule has 214 valence electrons. The molecular weight excluding hydrogens is 520 g/mol. The average Bonchev–Trinajstić information content (AvgIpc) is 3.36. The second-order valence-electron chi connectivity index (χ2n) is 10.8. The summed E-state index contributed by atoms with van der Waals surface area (Å²) >= 11 is 0. The fraction of sp³-hybridized carbons (Fsp3) is 0.571. The van der Waals surface area contributed by atoms with E-state index < -0.39 is 6.43 Å². The van der Waals surface area contributed by atoms with Crippen LogP contribution in [0.25, 0.3) is 16.9 Å².